The van der Waals surface area contributed by atoms with Crippen LogP contribution in [-0.2, 0) is 16.6 Å². The number of benzene rings is 2. The Bertz CT molecular complexity index is 782. The van der Waals surface area contributed by atoms with Crippen molar-refractivity contribution in [2.75, 3.05) is 0 Å². The number of sulfonamides is 1. The summed E-state index contributed by atoms with van der Waals surface area (Å²) in [6.07, 6.45) is 0. The van der Waals surface area contributed by atoms with Crippen LogP contribution < -0.4 is 4.72 Å². The Morgan fingerprint density at radius 3 is 2.29 bits per heavy atom. The third-order valence-corrected chi connectivity index (χ3v) is 4.79. The highest BCUT2D eigenvalue weighted by Crippen LogP contribution is 2.24. The van der Waals surface area contributed by atoms with Crippen LogP contribution in [-0.4, -0.2) is 8.42 Å². The van der Waals surface area contributed by atoms with Gasteiger partial charge in [-0.3, -0.25) is 0 Å². The molecule has 0 aliphatic heterocycles. The lowest BCUT2D eigenvalue weighted by molar-refractivity contribution is 0.506. The van der Waals surface area contributed by atoms with E-state index in [2.05, 4.69) is 4.72 Å². The molecule has 0 atom stereocenters. The molecule has 0 aliphatic carbocycles. The third-order valence-electron chi connectivity index (χ3n) is 2.65. The lowest BCUT2D eigenvalue weighted by Gasteiger charge is -2.08. The molecule has 0 amide bonds. The van der Waals surface area contributed by atoms with E-state index in [1.165, 1.54) is 24.3 Å². The summed E-state index contributed by atoms with van der Waals surface area (Å²) < 4.78 is 52.2. The van der Waals surface area contributed by atoms with Gasteiger partial charge in [-0.2, -0.15) is 0 Å². The molecule has 0 heterocycles. The Balaban J connectivity index is 2.17. The largest absolute Gasteiger partial charge is 0.240 e. The Kier molecular flexibility index (Phi) is 4.83. The molecule has 0 aromatic heterocycles. The molecule has 0 saturated heterocycles. The highest BCUT2D eigenvalue weighted by atomic mass is 35.5. The van der Waals surface area contributed by atoms with E-state index in [0.717, 1.165) is 12.1 Å². The van der Waals surface area contributed by atoms with Crippen molar-refractivity contribution in [2.24, 2.45) is 0 Å². The van der Waals surface area contributed by atoms with Crippen molar-refractivity contribution in [3.8, 4) is 0 Å². The van der Waals surface area contributed by atoms with Gasteiger partial charge in [0.1, 0.15) is 0 Å². The Labute approximate surface area is 130 Å². The summed E-state index contributed by atoms with van der Waals surface area (Å²) >= 11 is 11.5. The second-order valence-electron chi connectivity index (χ2n) is 4.15. The molecule has 2 aromatic carbocycles. The van der Waals surface area contributed by atoms with Gasteiger partial charge in [-0.25, -0.2) is 21.9 Å². The van der Waals surface area contributed by atoms with E-state index in [1.807, 2.05) is 0 Å². The third kappa shape index (κ3) is 3.91. The first-order valence-electron chi connectivity index (χ1n) is 5.68. The molecule has 0 aliphatic rings. The van der Waals surface area contributed by atoms with Crippen molar-refractivity contribution < 1.29 is 17.2 Å². The van der Waals surface area contributed by atoms with Gasteiger partial charge >= 0.3 is 0 Å². The first kappa shape index (κ1) is 16.2. The van der Waals surface area contributed by atoms with Crippen molar-refractivity contribution in [2.45, 2.75) is 11.4 Å². The number of hydrogen-bond acceptors (Lipinski definition) is 2. The summed E-state index contributed by atoms with van der Waals surface area (Å²) in [6, 6.07) is 7.00. The van der Waals surface area contributed by atoms with E-state index in [1.54, 1.807) is 0 Å². The van der Waals surface area contributed by atoms with Crippen molar-refractivity contribution in [3.63, 3.8) is 0 Å². The molecule has 0 unspecified atom stereocenters. The number of rotatable bonds is 4. The van der Waals surface area contributed by atoms with Gasteiger partial charge in [-0.05, 0) is 35.9 Å². The minimum Gasteiger partial charge on any atom is -0.207 e. The second kappa shape index (κ2) is 6.27. The topological polar surface area (TPSA) is 46.2 Å². The van der Waals surface area contributed by atoms with Crippen LogP contribution in [0.1, 0.15) is 5.56 Å². The SMILES string of the molecule is O=S(=O)(NCc1ccc(F)c(F)c1)c1ccc(Cl)c(Cl)c1. The van der Waals surface area contributed by atoms with Gasteiger partial charge in [0.15, 0.2) is 11.6 Å². The summed E-state index contributed by atoms with van der Waals surface area (Å²) in [5, 5.41) is 0.337. The van der Waals surface area contributed by atoms with Gasteiger partial charge in [0.05, 0.1) is 14.9 Å². The Morgan fingerprint density at radius 2 is 1.67 bits per heavy atom. The highest BCUT2D eigenvalue weighted by Gasteiger charge is 2.15. The van der Waals surface area contributed by atoms with Crippen LogP contribution in [0, 0.1) is 11.6 Å². The van der Waals surface area contributed by atoms with E-state index in [-0.39, 0.29) is 27.0 Å². The normalized spacial score (nSPS) is 11.6. The fraction of sp³-hybridized carbons (Fsp3) is 0.0769. The highest BCUT2D eigenvalue weighted by molar-refractivity contribution is 7.89. The number of halogens is 4. The van der Waals surface area contributed by atoms with Gasteiger partial charge in [0.25, 0.3) is 0 Å². The van der Waals surface area contributed by atoms with Gasteiger partial charge < -0.3 is 0 Å². The maximum atomic E-state index is 13.0. The maximum Gasteiger partial charge on any atom is 0.240 e. The predicted molar refractivity (Wildman–Crippen MR) is 76.8 cm³/mol. The molecule has 2 rings (SSSR count). The van der Waals surface area contributed by atoms with Gasteiger partial charge in [0, 0.05) is 6.54 Å². The quantitative estimate of drug-likeness (QED) is 0.911. The van der Waals surface area contributed by atoms with Crippen LogP contribution >= 0.6 is 23.2 Å². The predicted octanol–water partition coefficient (Wildman–Crippen LogP) is 3.75. The van der Waals surface area contributed by atoms with Gasteiger partial charge in [0.2, 0.25) is 10.0 Å². The van der Waals surface area contributed by atoms with Crippen LogP contribution in [0.2, 0.25) is 10.0 Å². The van der Waals surface area contributed by atoms with Gasteiger partial charge in [-0.1, -0.05) is 29.3 Å². The van der Waals surface area contributed by atoms with Crippen molar-refractivity contribution in [1.29, 1.82) is 0 Å². The molecule has 0 bridgehead atoms. The number of hydrogen-bond donors (Lipinski definition) is 1. The summed E-state index contributed by atoms with van der Waals surface area (Å²) in [6.45, 7) is -0.181. The number of nitrogens with one attached hydrogen (secondary N) is 1. The van der Waals surface area contributed by atoms with E-state index in [9.17, 15) is 17.2 Å². The van der Waals surface area contributed by atoms with Crippen molar-refractivity contribution >= 4 is 33.2 Å². The molecule has 112 valence electrons. The molecule has 0 saturated carbocycles. The van der Waals surface area contributed by atoms with E-state index in [4.69, 9.17) is 23.2 Å². The Morgan fingerprint density at radius 1 is 0.952 bits per heavy atom. The summed E-state index contributed by atoms with van der Waals surface area (Å²) in [5.41, 5.74) is 0.289. The summed E-state index contributed by atoms with van der Waals surface area (Å²) in [4.78, 5) is -0.0699. The minimum absolute atomic E-state index is 0.0699. The van der Waals surface area contributed by atoms with Crippen molar-refractivity contribution in [3.05, 3.63) is 63.6 Å². The zero-order valence-corrected chi connectivity index (χ0v) is 12.7. The molecule has 8 heteroatoms. The molecule has 0 spiro atoms. The lowest BCUT2D eigenvalue weighted by atomic mass is 10.2. The zero-order chi connectivity index (χ0) is 15.6. The first-order valence-corrected chi connectivity index (χ1v) is 7.92. The average Bonchev–Trinajstić information content (AvgIpc) is 2.43. The molecule has 3 nitrogen and oxygen atoms in total. The maximum absolute atomic E-state index is 13.0. The van der Waals surface area contributed by atoms with E-state index < -0.39 is 21.7 Å². The average molecular weight is 352 g/mol. The fourth-order valence-corrected chi connectivity index (χ4v) is 2.96. The minimum atomic E-state index is -3.83. The van der Waals surface area contributed by atoms with Gasteiger partial charge in [-0.15, -0.1) is 0 Å². The molecule has 2 aromatic rings. The van der Waals surface area contributed by atoms with E-state index >= 15 is 0 Å². The smallest absolute Gasteiger partial charge is 0.207 e. The van der Waals surface area contributed by atoms with Crippen LogP contribution in [0.15, 0.2) is 41.3 Å². The molecule has 21 heavy (non-hydrogen) atoms. The zero-order valence-electron chi connectivity index (χ0n) is 10.4. The first-order chi connectivity index (χ1) is 9.79. The second-order valence-corrected chi connectivity index (χ2v) is 6.73. The molecule has 0 radical (unpaired) electrons. The lowest BCUT2D eigenvalue weighted by Crippen LogP contribution is -2.23. The molecule has 0 fully saturated rings. The van der Waals surface area contributed by atoms with Crippen LogP contribution in [0.3, 0.4) is 0 Å². The molecule has 1 N–H and O–H groups in total. The van der Waals surface area contributed by atoms with Crippen LogP contribution in [0.4, 0.5) is 8.78 Å². The molecular weight excluding hydrogens is 343 g/mol. The van der Waals surface area contributed by atoms with Crippen LogP contribution in [0.25, 0.3) is 0 Å². The van der Waals surface area contributed by atoms with Crippen LogP contribution in [0.5, 0.6) is 0 Å². The van der Waals surface area contributed by atoms with Crippen molar-refractivity contribution in [1.82, 2.24) is 4.72 Å². The molecular formula is C13H9Cl2F2NO2S. The monoisotopic (exact) mass is 351 g/mol. The fourth-order valence-electron chi connectivity index (χ4n) is 1.56. The standard InChI is InChI=1S/C13H9Cl2F2NO2S/c14-10-3-2-9(6-11(10)15)21(19,20)18-7-8-1-4-12(16)13(17)5-8/h1-6,18H,7H2. The summed E-state index contributed by atoms with van der Waals surface area (Å²) in [7, 11) is -3.83. The summed E-state index contributed by atoms with van der Waals surface area (Å²) in [5.74, 6) is -2.03. The van der Waals surface area contributed by atoms with E-state index in [0.29, 0.717) is 0 Å². The Hall–Kier alpha value is -1.21.